The quantitative estimate of drug-likeness (QED) is 0.399. The highest BCUT2D eigenvalue weighted by Crippen LogP contribution is 2.32. The van der Waals surface area contributed by atoms with Crippen LogP contribution in [0.4, 0.5) is 0 Å². The van der Waals surface area contributed by atoms with Crippen LogP contribution in [-0.2, 0) is 9.47 Å². The Morgan fingerprint density at radius 2 is 1.39 bits per heavy atom. The van der Waals surface area contributed by atoms with Gasteiger partial charge in [0, 0.05) is 10.8 Å². The lowest BCUT2D eigenvalue weighted by Gasteiger charge is -2.11. The van der Waals surface area contributed by atoms with Crippen molar-refractivity contribution in [3.05, 3.63) is 72.1 Å². The fourth-order valence-corrected chi connectivity index (χ4v) is 3.16. The van der Waals surface area contributed by atoms with Gasteiger partial charge in [0.25, 0.3) is 0 Å². The number of hydrogen-bond donors (Lipinski definition) is 0. The zero-order valence-corrected chi connectivity index (χ0v) is 15.3. The molecule has 0 spiro atoms. The molecule has 28 heavy (non-hydrogen) atoms. The van der Waals surface area contributed by atoms with Crippen LogP contribution in [0.25, 0.3) is 32.9 Å². The van der Waals surface area contributed by atoms with Gasteiger partial charge < -0.3 is 9.47 Å². The monoisotopic (exact) mass is 372 g/mol. The fourth-order valence-electron chi connectivity index (χ4n) is 3.16. The summed E-state index contributed by atoms with van der Waals surface area (Å²) in [6.07, 6.45) is 0. The number of carbonyl (C=O) groups is 2. The van der Waals surface area contributed by atoms with Gasteiger partial charge in [-0.2, -0.15) is 0 Å². The minimum absolute atomic E-state index is 0.173. The van der Waals surface area contributed by atoms with Gasteiger partial charge in [-0.1, -0.05) is 48.5 Å². The van der Waals surface area contributed by atoms with E-state index in [-0.39, 0.29) is 11.4 Å². The molecule has 0 aliphatic heterocycles. The molecule has 4 rings (SSSR count). The first kappa shape index (κ1) is 17.6. The van der Waals surface area contributed by atoms with Gasteiger partial charge in [-0.25, -0.2) is 19.6 Å². The molecule has 2 aromatic heterocycles. The van der Waals surface area contributed by atoms with Crippen LogP contribution in [-0.4, -0.2) is 36.1 Å². The second kappa shape index (κ2) is 7.08. The summed E-state index contributed by atoms with van der Waals surface area (Å²) >= 11 is 0. The van der Waals surface area contributed by atoms with Gasteiger partial charge in [-0.3, -0.25) is 0 Å². The van der Waals surface area contributed by atoms with E-state index in [9.17, 15) is 9.59 Å². The second-order valence-corrected chi connectivity index (χ2v) is 6.13. The number of aromatic nitrogens is 2. The molecule has 0 N–H and O–H groups in total. The Balaban J connectivity index is 2.10. The third-order valence-electron chi connectivity index (χ3n) is 4.51. The molecule has 2 aromatic carbocycles. The van der Waals surface area contributed by atoms with Crippen molar-refractivity contribution < 1.29 is 19.1 Å². The van der Waals surface area contributed by atoms with Crippen LogP contribution < -0.4 is 0 Å². The van der Waals surface area contributed by atoms with E-state index in [1.54, 1.807) is 18.2 Å². The average molecular weight is 372 g/mol. The molecule has 0 radical (unpaired) electrons. The Morgan fingerprint density at radius 3 is 2.11 bits per heavy atom. The number of pyridine rings is 2. The zero-order chi connectivity index (χ0) is 19.7. The molecule has 4 aromatic rings. The van der Waals surface area contributed by atoms with Crippen LogP contribution in [0.1, 0.15) is 21.0 Å². The SMILES string of the molecule is COC(=O)c1ccc2ccc3c(-c4ccccc4)cc(C(=O)OC)nc3c2n1. The van der Waals surface area contributed by atoms with Crippen molar-refractivity contribution in [3.63, 3.8) is 0 Å². The van der Waals surface area contributed by atoms with Crippen molar-refractivity contribution >= 4 is 33.7 Å². The molecule has 0 amide bonds. The van der Waals surface area contributed by atoms with E-state index in [0.717, 1.165) is 21.9 Å². The van der Waals surface area contributed by atoms with Crippen molar-refractivity contribution in [2.45, 2.75) is 0 Å². The smallest absolute Gasteiger partial charge is 0.356 e. The Labute approximate surface area is 160 Å². The van der Waals surface area contributed by atoms with E-state index in [2.05, 4.69) is 9.97 Å². The number of carbonyl (C=O) groups excluding carboxylic acids is 2. The zero-order valence-electron chi connectivity index (χ0n) is 15.3. The highest BCUT2D eigenvalue weighted by atomic mass is 16.5. The van der Waals surface area contributed by atoms with Crippen LogP contribution in [0.3, 0.4) is 0 Å². The maximum Gasteiger partial charge on any atom is 0.356 e. The summed E-state index contributed by atoms with van der Waals surface area (Å²) < 4.78 is 9.65. The van der Waals surface area contributed by atoms with Gasteiger partial charge in [0.05, 0.1) is 25.3 Å². The molecular formula is C22H16N2O4. The van der Waals surface area contributed by atoms with E-state index >= 15 is 0 Å². The maximum atomic E-state index is 12.2. The molecule has 0 saturated heterocycles. The number of hydrogen-bond acceptors (Lipinski definition) is 6. The van der Waals surface area contributed by atoms with Crippen molar-refractivity contribution in [2.75, 3.05) is 14.2 Å². The Hall–Kier alpha value is -3.80. The highest BCUT2D eigenvalue weighted by molar-refractivity contribution is 6.10. The summed E-state index contributed by atoms with van der Waals surface area (Å²) in [6.45, 7) is 0. The number of fused-ring (bicyclic) bond motifs is 3. The van der Waals surface area contributed by atoms with E-state index < -0.39 is 11.9 Å². The lowest BCUT2D eigenvalue weighted by molar-refractivity contribution is 0.0585. The summed E-state index contributed by atoms with van der Waals surface area (Å²) in [4.78, 5) is 33.1. The van der Waals surface area contributed by atoms with E-state index in [0.29, 0.717) is 11.0 Å². The molecule has 6 heteroatoms. The van der Waals surface area contributed by atoms with E-state index in [4.69, 9.17) is 9.47 Å². The summed E-state index contributed by atoms with van der Waals surface area (Å²) in [5, 5.41) is 1.62. The van der Waals surface area contributed by atoms with E-state index in [1.165, 1.54) is 14.2 Å². The van der Waals surface area contributed by atoms with Gasteiger partial charge in [0.15, 0.2) is 0 Å². The van der Waals surface area contributed by atoms with Crippen LogP contribution >= 0.6 is 0 Å². The summed E-state index contributed by atoms with van der Waals surface area (Å²) in [5.74, 6) is -1.08. The molecule has 0 saturated carbocycles. The molecule has 0 aliphatic carbocycles. The van der Waals surface area contributed by atoms with E-state index in [1.807, 2.05) is 42.5 Å². The summed E-state index contributed by atoms with van der Waals surface area (Å²) in [5.41, 5.74) is 3.15. The normalized spacial score (nSPS) is 10.8. The molecule has 0 fully saturated rings. The molecule has 2 heterocycles. The molecule has 0 atom stereocenters. The number of nitrogens with zero attached hydrogens (tertiary/aromatic N) is 2. The fraction of sp³-hybridized carbons (Fsp3) is 0.0909. The lowest BCUT2D eigenvalue weighted by atomic mass is 9.98. The predicted molar refractivity (Wildman–Crippen MR) is 105 cm³/mol. The minimum Gasteiger partial charge on any atom is -0.464 e. The summed E-state index contributed by atoms with van der Waals surface area (Å²) in [7, 11) is 2.62. The minimum atomic E-state index is -0.541. The Morgan fingerprint density at radius 1 is 0.750 bits per heavy atom. The van der Waals surface area contributed by atoms with Gasteiger partial charge in [-0.15, -0.1) is 0 Å². The Kier molecular flexibility index (Phi) is 4.45. The van der Waals surface area contributed by atoms with Gasteiger partial charge >= 0.3 is 11.9 Å². The van der Waals surface area contributed by atoms with Crippen LogP contribution in [0.5, 0.6) is 0 Å². The van der Waals surface area contributed by atoms with Crippen molar-refractivity contribution in [3.8, 4) is 11.1 Å². The second-order valence-electron chi connectivity index (χ2n) is 6.13. The highest BCUT2D eigenvalue weighted by Gasteiger charge is 2.17. The third-order valence-corrected chi connectivity index (χ3v) is 4.51. The Bertz CT molecular complexity index is 1220. The number of esters is 2. The first-order valence-electron chi connectivity index (χ1n) is 8.59. The molecule has 0 bridgehead atoms. The number of rotatable bonds is 3. The molecule has 0 unspecified atom stereocenters. The molecular weight excluding hydrogens is 356 g/mol. The van der Waals surface area contributed by atoms with Crippen LogP contribution in [0.2, 0.25) is 0 Å². The molecule has 138 valence electrons. The first-order chi connectivity index (χ1) is 13.6. The lowest BCUT2D eigenvalue weighted by Crippen LogP contribution is -2.07. The van der Waals surface area contributed by atoms with Gasteiger partial charge in [-0.05, 0) is 23.3 Å². The topological polar surface area (TPSA) is 78.4 Å². The van der Waals surface area contributed by atoms with Crippen molar-refractivity contribution in [1.29, 1.82) is 0 Å². The van der Waals surface area contributed by atoms with Gasteiger partial charge in [0.1, 0.15) is 11.4 Å². The van der Waals surface area contributed by atoms with Crippen LogP contribution in [0, 0.1) is 0 Å². The van der Waals surface area contributed by atoms with Crippen LogP contribution in [0.15, 0.2) is 60.7 Å². The number of ether oxygens (including phenoxy) is 2. The maximum absolute atomic E-state index is 12.2. The third kappa shape index (κ3) is 2.95. The van der Waals surface area contributed by atoms with Crippen molar-refractivity contribution in [2.24, 2.45) is 0 Å². The van der Waals surface area contributed by atoms with Crippen molar-refractivity contribution in [1.82, 2.24) is 9.97 Å². The molecule has 6 nitrogen and oxygen atoms in total. The standard InChI is InChI=1S/C22H16N2O4/c1-27-21(25)17-11-9-14-8-10-15-16(13-6-4-3-5-7-13)12-18(22(26)28-2)24-20(15)19(14)23-17/h3-12H,1-2H3. The summed E-state index contributed by atoms with van der Waals surface area (Å²) in [6, 6.07) is 18.6. The number of methoxy groups -OCH3 is 2. The number of benzene rings is 2. The largest absolute Gasteiger partial charge is 0.464 e. The average Bonchev–Trinajstić information content (AvgIpc) is 2.77. The predicted octanol–water partition coefficient (Wildman–Crippen LogP) is 4.02. The first-order valence-corrected chi connectivity index (χ1v) is 8.59. The molecule has 0 aliphatic rings. The van der Waals surface area contributed by atoms with Gasteiger partial charge in [0.2, 0.25) is 0 Å².